The molecule has 2 aliphatic rings. The van der Waals surface area contributed by atoms with Gasteiger partial charge in [-0.05, 0) is 88.1 Å². The summed E-state index contributed by atoms with van der Waals surface area (Å²) in [5.74, 6) is -0.111. The maximum atomic E-state index is 13.4. The summed E-state index contributed by atoms with van der Waals surface area (Å²) in [5.41, 5.74) is 10.2. The van der Waals surface area contributed by atoms with Crippen molar-refractivity contribution in [1.29, 1.82) is 0 Å². The highest BCUT2D eigenvalue weighted by Gasteiger charge is 2.33. The van der Waals surface area contributed by atoms with Gasteiger partial charge in [0.1, 0.15) is 5.60 Å². The number of hydrogen-bond acceptors (Lipinski definition) is 8. The summed E-state index contributed by atoms with van der Waals surface area (Å²) in [6, 6.07) is 18.9. The first-order valence-electron chi connectivity index (χ1n) is 15.3. The Morgan fingerprint density at radius 3 is 2.53 bits per heavy atom. The molecule has 5 rings (SSSR count). The van der Waals surface area contributed by atoms with Crippen molar-refractivity contribution in [2.75, 3.05) is 31.5 Å². The Morgan fingerprint density at radius 1 is 1.13 bits per heavy atom. The molecular formula is C34H45N5O5S. The molecule has 2 atom stereocenters. The summed E-state index contributed by atoms with van der Waals surface area (Å²) >= 11 is 1.82. The van der Waals surface area contributed by atoms with Crippen LogP contribution in [0.4, 0.5) is 10.5 Å². The number of amides is 2. The van der Waals surface area contributed by atoms with Gasteiger partial charge in [-0.1, -0.05) is 24.3 Å². The van der Waals surface area contributed by atoms with Crippen molar-refractivity contribution in [3.8, 4) is 10.4 Å². The van der Waals surface area contributed by atoms with Gasteiger partial charge in [0.05, 0.1) is 12.1 Å². The highest BCUT2D eigenvalue weighted by molar-refractivity contribution is 7.15. The molecule has 0 radical (unpaired) electrons. The predicted octanol–water partition coefficient (Wildman–Crippen LogP) is 5.48. The molecule has 5 N–H and O–H groups in total. The molecule has 2 amide bonds. The van der Waals surface area contributed by atoms with Gasteiger partial charge < -0.3 is 31.1 Å². The van der Waals surface area contributed by atoms with Crippen LogP contribution in [0.2, 0.25) is 0 Å². The molecule has 2 aliphatic heterocycles. The number of anilines is 1. The third kappa shape index (κ3) is 9.53. The number of benzene rings is 2. The average molecular weight is 636 g/mol. The van der Waals surface area contributed by atoms with Gasteiger partial charge in [-0.25, -0.2) is 4.79 Å². The van der Waals surface area contributed by atoms with Crippen molar-refractivity contribution < 1.29 is 24.2 Å². The second-order valence-corrected chi connectivity index (χ2v) is 13.9. The monoisotopic (exact) mass is 635 g/mol. The topological polar surface area (TPSA) is 137 Å². The molecule has 45 heavy (non-hydrogen) atoms. The van der Waals surface area contributed by atoms with E-state index >= 15 is 0 Å². The van der Waals surface area contributed by atoms with E-state index in [2.05, 4.69) is 51.9 Å². The number of thiophene rings is 1. The fraction of sp³-hybridized carbons (Fsp3) is 0.441. The first kappa shape index (κ1) is 34.0. The third-order valence-corrected chi connectivity index (χ3v) is 8.87. The van der Waals surface area contributed by atoms with Crippen LogP contribution in [-0.2, 0) is 16.1 Å². The summed E-state index contributed by atoms with van der Waals surface area (Å²) < 4.78 is 5.44. The van der Waals surface area contributed by atoms with Crippen molar-refractivity contribution in [3.05, 3.63) is 76.2 Å². The Kier molecular flexibility index (Phi) is 11.2. The Labute approximate surface area is 269 Å². The van der Waals surface area contributed by atoms with E-state index in [1.807, 2.05) is 64.2 Å². The molecule has 0 bridgehead atoms. The smallest absolute Gasteiger partial charge is 0.410 e. The number of carbonyl (C=O) groups excluding carboxylic acids is 2. The van der Waals surface area contributed by atoms with Gasteiger partial charge in [0, 0.05) is 59.8 Å². The Morgan fingerprint density at radius 2 is 1.87 bits per heavy atom. The molecule has 0 spiro atoms. The molecule has 11 heteroatoms. The normalized spacial score (nSPS) is 17.5. The first-order valence-corrected chi connectivity index (χ1v) is 16.1. The molecule has 0 saturated carbocycles. The van der Waals surface area contributed by atoms with E-state index in [1.54, 1.807) is 4.90 Å². The van der Waals surface area contributed by atoms with Crippen LogP contribution in [-0.4, -0.2) is 77.2 Å². The van der Waals surface area contributed by atoms with Crippen LogP contribution in [0.15, 0.2) is 54.6 Å². The number of rotatable bonds is 8. The zero-order valence-corrected chi connectivity index (χ0v) is 27.5. The highest BCUT2D eigenvalue weighted by atomic mass is 32.1. The molecule has 0 unspecified atom stereocenters. The lowest BCUT2D eigenvalue weighted by Gasteiger charge is -2.40. The van der Waals surface area contributed by atoms with Gasteiger partial charge in [0.15, 0.2) is 0 Å². The molecule has 2 fully saturated rings. The second-order valence-electron chi connectivity index (χ2n) is 12.7. The van der Waals surface area contributed by atoms with Gasteiger partial charge in [-0.3, -0.25) is 14.5 Å². The highest BCUT2D eigenvalue weighted by Crippen LogP contribution is 2.31. The predicted molar refractivity (Wildman–Crippen MR) is 179 cm³/mol. The lowest BCUT2D eigenvalue weighted by Crippen LogP contribution is -2.57. The fourth-order valence-electron chi connectivity index (χ4n) is 5.40. The van der Waals surface area contributed by atoms with Crippen LogP contribution in [0, 0.1) is 6.92 Å². The molecule has 10 nitrogen and oxygen atoms in total. The van der Waals surface area contributed by atoms with Gasteiger partial charge in [-0.15, -0.1) is 11.3 Å². The fourth-order valence-corrected chi connectivity index (χ4v) is 6.45. The number of ether oxygens (including phenoxy) is 1. The molecule has 3 heterocycles. The van der Waals surface area contributed by atoms with E-state index in [1.165, 1.54) is 9.75 Å². The van der Waals surface area contributed by atoms with Gasteiger partial charge in [0.25, 0.3) is 12.4 Å². The minimum atomic E-state index is -0.511. The van der Waals surface area contributed by atoms with Crippen LogP contribution < -0.4 is 16.4 Å². The molecule has 2 aromatic carbocycles. The zero-order valence-electron chi connectivity index (χ0n) is 26.7. The Hall–Kier alpha value is -3.93. The van der Waals surface area contributed by atoms with Crippen molar-refractivity contribution in [3.63, 3.8) is 0 Å². The minimum Gasteiger partial charge on any atom is -0.483 e. The van der Waals surface area contributed by atoms with Gasteiger partial charge >= 0.3 is 6.09 Å². The number of nitrogens with zero attached hydrogens (tertiary/aromatic N) is 2. The molecule has 1 aromatic heterocycles. The Bertz CT molecular complexity index is 1480. The third-order valence-electron chi connectivity index (χ3n) is 7.75. The maximum absolute atomic E-state index is 13.4. The number of carboxylic acid groups (broad SMARTS) is 1. The number of aryl methyl sites for hydroxylation is 1. The van der Waals surface area contributed by atoms with Crippen molar-refractivity contribution in [2.45, 2.75) is 71.3 Å². The number of nitrogens with one attached hydrogen (secondary N) is 2. The van der Waals surface area contributed by atoms with E-state index in [4.69, 9.17) is 20.4 Å². The van der Waals surface area contributed by atoms with E-state index in [-0.39, 0.29) is 30.6 Å². The number of hydrogen-bond donors (Lipinski definition) is 4. The number of likely N-dealkylation sites (tertiary alicyclic amines) is 2. The molecule has 3 aromatic rings. The zero-order chi connectivity index (χ0) is 32.7. The van der Waals surface area contributed by atoms with Crippen molar-refractivity contribution in [2.24, 2.45) is 5.73 Å². The first-order chi connectivity index (χ1) is 21.3. The van der Waals surface area contributed by atoms with E-state index in [0.717, 1.165) is 48.4 Å². The van der Waals surface area contributed by atoms with Crippen molar-refractivity contribution in [1.82, 2.24) is 15.1 Å². The van der Waals surface area contributed by atoms with Crippen LogP contribution >= 0.6 is 11.3 Å². The molecule has 242 valence electrons. The average Bonchev–Trinajstić information content (AvgIpc) is 3.59. The Balaban J connectivity index is 0.00000148. The van der Waals surface area contributed by atoms with Gasteiger partial charge in [-0.2, -0.15) is 0 Å². The van der Waals surface area contributed by atoms with Crippen LogP contribution in [0.25, 0.3) is 10.4 Å². The van der Waals surface area contributed by atoms with Crippen LogP contribution in [0.1, 0.15) is 66.5 Å². The van der Waals surface area contributed by atoms with Crippen LogP contribution in [0.5, 0.6) is 0 Å². The van der Waals surface area contributed by atoms with Crippen molar-refractivity contribution >= 4 is 35.5 Å². The van der Waals surface area contributed by atoms with Gasteiger partial charge in [0.2, 0.25) is 0 Å². The summed E-state index contributed by atoms with van der Waals surface area (Å²) in [4.78, 5) is 40.6. The summed E-state index contributed by atoms with van der Waals surface area (Å²) in [5, 5.41) is 13.5. The quantitative estimate of drug-likeness (QED) is 0.239. The van der Waals surface area contributed by atoms with E-state index < -0.39 is 5.60 Å². The standard InChI is InChI=1S/C33H43N5O3S.CH2O2/c1-21-9-10-26(36-27-18-38(19-27)32(40)41-33(3,4)5)16-29(21)31(39)35-22(2)23-7-6-8-24(15-23)30-12-11-28(42-30)20-37-14-13-25(34)17-37;2-1-3/h6-12,15-16,22,25,27,36H,13-14,17-20,34H2,1-5H3,(H,35,39);1H,(H,2,3)/t22-,25+;/m1./s1. The molecule has 0 aliphatic carbocycles. The van der Waals surface area contributed by atoms with E-state index in [9.17, 15) is 9.59 Å². The maximum Gasteiger partial charge on any atom is 0.410 e. The summed E-state index contributed by atoms with van der Waals surface area (Å²) in [6.07, 6.45) is 0.772. The van der Waals surface area contributed by atoms with E-state index in [0.29, 0.717) is 24.7 Å². The number of nitrogens with two attached hydrogens (primary N) is 1. The minimum absolute atomic E-state index is 0.111. The largest absolute Gasteiger partial charge is 0.483 e. The lowest BCUT2D eigenvalue weighted by molar-refractivity contribution is -0.122. The molecular weight excluding hydrogens is 590 g/mol. The van der Waals surface area contributed by atoms with Crippen LogP contribution in [0.3, 0.4) is 0 Å². The number of carbonyl (C=O) groups is 3. The SMILES string of the molecule is Cc1ccc(NC2CN(C(=O)OC(C)(C)C)C2)cc1C(=O)N[C@H](C)c1cccc(-c2ccc(CN3CC[C@H](N)C3)s2)c1.O=CO. The molecule has 2 saturated heterocycles. The lowest BCUT2D eigenvalue weighted by atomic mass is 10.0. The second kappa shape index (κ2) is 14.9. The summed E-state index contributed by atoms with van der Waals surface area (Å²) in [7, 11) is 0. The summed E-state index contributed by atoms with van der Waals surface area (Å²) in [6.45, 7) is 13.4.